The Hall–Kier alpha value is 0.943. The molecule has 0 aromatic heterocycles. The zero-order chi connectivity index (χ0) is 4.41. The molecule has 0 aromatic rings. The Labute approximate surface area is 78.6 Å². The van der Waals surface area contributed by atoms with Gasteiger partial charge in [-0.25, -0.2) is 0 Å². The first kappa shape index (κ1) is 11.7. The second-order valence-corrected chi connectivity index (χ2v) is 2.90. The van der Waals surface area contributed by atoms with Gasteiger partial charge < -0.3 is 1.43 Å². The topological polar surface area (TPSA) is 0 Å². The molecule has 3 heteroatoms. The van der Waals surface area contributed by atoms with Gasteiger partial charge in [-0.3, -0.25) is 0 Å². The van der Waals surface area contributed by atoms with E-state index >= 15 is 0 Å². The fourth-order valence-corrected chi connectivity index (χ4v) is 0.973. The molecule has 8 heavy (non-hydrogen) atoms. The summed E-state index contributed by atoms with van der Waals surface area (Å²) in [7, 11) is 0. The molecular formula is C5H8Cl2Zr-. The molecule has 47 valence electrons. The molecule has 0 aromatic carbocycles. The molecule has 1 aliphatic rings. The molecule has 0 saturated heterocycles. The Balaban J connectivity index is -0.000000120. The van der Waals surface area contributed by atoms with Gasteiger partial charge in [0.05, 0.1) is 0 Å². The van der Waals surface area contributed by atoms with Gasteiger partial charge in [0.15, 0.2) is 0 Å². The van der Waals surface area contributed by atoms with Gasteiger partial charge in [-0.05, 0) is 0 Å². The van der Waals surface area contributed by atoms with E-state index in [0.717, 1.165) is 0 Å². The van der Waals surface area contributed by atoms with Crippen molar-refractivity contribution in [3.8, 4) is 0 Å². The van der Waals surface area contributed by atoms with E-state index in [2.05, 4.69) is 18.2 Å². The van der Waals surface area contributed by atoms with E-state index in [0.29, 0.717) is 0 Å². The summed E-state index contributed by atoms with van der Waals surface area (Å²) in [5, 5.41) is 0. The van der Waals surface area contributed by atoms with Crippen LogP contribution >= 0.6 is 24.8 Å². The molecule has 0 radical (unpaired) electrons. The van der Waals surface area contributed by atoms with Crippen LogP contribution in [0.25, 0.3) is 0 Å². The van der Waals surface area contributed by atoms with Crippen molar-refractivity contribution in [2.45, 2.75) is 6.42 Å². The van der Waals surface area contributed by atoms with Crippen molar-refractivity contribution in [3.05, 3.63) is 21.5 Å². The SMILES string of the molecule is Cl.Cl.[H-].[Zr][C]1=CC=CC1. The fraction of sp³-hybridized carbons (Fsp3) is 0.200. The Bertz CT molecular complexity index is 112. The average molecular weight is 230 g/mol. The Morgan fingerprint density at radius 1 is 1.50 bits per heavy atom. The zero-order valence-electron chi connectivity index (χ0n) is 5.26. The molecule has 0 saturated carbocycles. The van der Waals surface area contributed by atoms with Gasteiger partial charge in [-0.15, -0.1) is 24.8 Å². The van der Waals surface area contributed by atoms with Crippen LogP contribution in [0.5, 0.6) is 0 Å². The van der Waals surface area contributed by atoms with Crippen molar-refractivity contribution in [3.63, 3.8) is 0 Å². The van der Waals surface area contributed by atoms with E-state index in [-0.39, 0.29) is 26.2 Å². The van der Waals surface area contributed by atoms with Crippen LogP contribution in [0.3, 0.4) is 0 Å². The minimum atomic E-state index is 0. The van der Waals surface area contributed by atoms with Crippen LogP contribution in [0.2, 0.25) is 0 Å². The van der Waals surface area contributed by atoms with Crippen molar-refractivity contribution in [1.29, 1.82) is 0 Å². The van der Waals surface area contributed by atoms with Gasteiger partial charge in [-0.1, -0.05) is 0 Å². The van der Waals surface area contributed by atoms with E-state index in [1.165, 1.54) is 6.42 Å². The van der Waals surface area contributed by atoms with Gasteiger partial charge in [0, 0.05) is 0 Å². The molecule has 0 unspecified atom stereocenters. The van der Waals surface area contributed by atoms with Crippen molar-refractivity contribution in [2.75, 3.05) is 0 Å². The molecule has 1 aliphatic carbocycles. The second kappa shape index (κ2) is 6.07. The molecule has 0 spiro atoms. The number of halogens is 2. The van der Waals surface area contributed by atoms with Gasteiger partial charge in [0.2, 0.25) is 0 Å². The van der Waals surface area contributed by atoms with Crippen LogP contribution in [0.4, 0.5) is 0 Å². The summed E-state index contributed by atoms with van der Waals surface area (Å²) in [6, 6.07) is 0. The van der Waals surface area contributed by atoms with Crippen LogP contribution < -0.4 is 0 Å². The maximum atomic E-state index is 2.18. The monoisotopic (exact) mass is 228 g/mol. The second-order valence-electron chi connectivity index (χ2n) is 1.32. The molecule has 0 nitrogen and oxygen atoms in total. The van der Waals surface area contributed by atoms with Gasteiger partial charge >= 0.3 is 52.6 Å². The maximum absolute atomic E-state index is 2.18. The number of rotatable bonds is 0. The van der Waals surface area contributed by atoms with Crippen molar-refractivity contribution >= 4 is 24.8 Å². The van der Waals surface area contributed by atoms with E-state index < -0.39 is 0 Å². The molecule has 0 amide bonds. The summed E-state index contributed by atoms with van der Waals surface area (Å²) in [4.78, 5) is 0. The predicted molar refractivity (Wildman–Crippen MR) is 37.4 cm³/mol. The molecule has 0 N–H and O–H groups in total. The van der Waals surface area contributed by atoms with Crippen LogP contribution in [0.1, 0.15) is 7.85 Å². The molecule has 0 aliphatic heterocycles. The normalized spacial score (nSPS) is 13.6. The molecule has 0 heterocycles. The van der Waals surface area contributed by atoms with Crippen LogP contribution in [0.15, 0.2) is 21.5 Å². The molecule has 0 bridgehead atoms. The minimum absolute atomic E-state index is 0. The number of allylic oxidation sites excluding steroid dienone is 4. The molecule has 0 atom stereocenters. The third kappa shape index (κ3) is 3.89. The van der Waals surface area contributed by atoms with Crippen LogP contribution in [-0.2, 0) is 24.7 Å². The number of hydrogen-bond donors (Lipinski definition) is 0. The van der Waals surface area contributed by atoms with Gasteiger partial charge in [0.1, 0.15) is 0 Å². The number of hydrogen-bond acceptors (Lipinski definition) is 0. The molecule has 0 fully saturated rings. The first-order valence-corrected chi connectivity index (χ1v) is 3.20. The summed E-state index contributed by atoms with van der Waals surface area (Å²) in [6.07, 6.45) is 7.69. The van der Waals surface area contributed by atoms with Crippen molar-refractivity contribution in [2.24, 2.45) is 0 Å². The predicted octanol–water partition coefficient (Wildman–Crippen LogP) is 2.33. The Morgan fingerprint density at radius 3 is 2.25 bits per heavy atom. The zero-order valence-corrected chi connectivity index (χ0v) is 8.35. The summed E-state index contributed by atoms with van der Waals surface area (Å²) >= 11 is 1.56. The Morgan fingerprint density at radius 2 is 2.12 bits per heavy atom. The van der Waals surface area contributed by atoms with Gasteiger partial charge in [-0.2, -0.15) is 0 Å². The van der Waals surface area contributed by atoms with Crippen LogP contribution in [0, 0.1) is 0 Å². The van der Waals surface area contributed by atoms with Gasteiger partial charge in [0.25, 0.3) is 0 Å². The van der Waals surface area contributed by atoms with E-state index in [4.69, 9.17) is 0 Å². The summed E-state index contributed by atoms with van der Waals surface area (Å²) in [6.45, 7) is 0. The first-order valence-electron chi connectivity index (χ1n) is 1.97. The summed E-state index contributed by atoms with van der Waals surface area (Å²) < 4.78 is 1.56. The van der Waals surface area contributed by atoms with E-state index in [1.807, 2.05) is 0 Å². The summed E-state index contributed by atoms with van der Waals surface area (Å²) in [5.74, 6) is 0. The fourth-order valence-electron chi connectivity index (χ4n) is 0.447. The summed E-state index contributed by atoms with van der Waals surface area (Å²) in [5.41, 5.74) is 0. The van der Waals surface area contributed by atoms with Crippen molar-refractivity contribution in [1.82, 2.24) is 0 Å². The van der Waals surface area contributed by atoms with E-state index in [9.17, 15) is 0 Å². The first-order chi connectivity index (χ1) is 2.89. The average Bonchev–Trinajstić information content (AvgIpc) is 1.86. The third-order valence-corrected chi connectivity index (χ3v) is 1.68. The third-order valence-electron chi connectivity index (χ3n) is 0.771. The van der Waals surface area contributed by atoms with Crippen LogP contribution in [-0.4, -0.2) is 0 Å². The van der Waals surface area contributed by atoms with Crippen molar-refractivity contribution < 1.29 is 26.1 Å². The molecule has 1 rings (SSSR count). The Kier molecular flexibility index (Phi) is 8.88. The molecular weight excluding hydrogens is 222 g/mol. The van der Waals surface area contributed by atoms with E-state index in [1.54, 1.807) is 28.0 Å². The quantitative estimate of drug-likeness (QED) is 0.599. The standard InChI is InChI=1S/C5H5.2ClH.Zr.H/c1-2-4-5-3-1;;;;/h1-3H,4H2;2*1H;;/q;;;;-1.